The van der Waals surface area contributed by atoms with Crippen molar-refractivity contribution in [3.63, 3.8) is 0 Å². The number of hydrogen-bond acceptors (Lipinski definition) is 3. The topological polar surface area (TPSA) is 33.6 Å². The highest BCUT2D eigenvalue weighted by atomic mass is 32.1. The summed E-state index contributed by atoms with van der Waals surface area (Å²) in [5.74, 6) is 0.962. The van der Waals surface area contributed by atoms with E-state index in [9.17, 15) is 0 Å². The number of aromatic amines is 1. The van der Waals surface area contributed by atoms with E-state index in [1.807, 2.05) is 22.0 Å². The number of fused-ring (bicyclic) bond motifs is 1. The molecule has 3 nitrogen and oxygen atoms in total. The third-order valence-electron chi connectivity index (χ3n) is 3.62. The Hall–Kier alpha value is -1.20. The zero-order valence-electron chi connectivity index (χ0n) is 10.8. The molecule has 2 heterocycles. The number of hydrogen-bond donors (Lipinski definition) is 1. The van der Waals surface area contributed by atoms with E-state index in [2.05, 4.69) is 22.2 Å². The van der Waals surface area contributed by atoms with Gasteiger partial charge in [-0.25, -0.2) is 0 Å². The fourth-order valence-corrected chi connectivity index (χ4v) is 4.01. The molecule has 1 aliphatic carbocycles. The molecule has 2 aromatic heterocycles. The molecule has 1 N–H and O–H groups in total. The predicted octanol–water partition coefficient (Wildman–Crippen LogP) is 4.12. The number of thiophene rings is 1. The van der Waals surface area contributed by atoms with Crippen LogP contribution >= 0.6 is 23.6 Å². The lowest BCUT2D eigenvalue weighted by Crippen LogP contribution is -2.00. The summed E-state index contributed by atoms with van der Waals surface area (Å²) >= 11 is 7.16. The fraction of sp³-hybridized carbons (Fsp3) is 0.429. The van der Waals surface area contributed by atoms with Gasteiger partial charge in [-0.05, 0) is 43.5 Å². The Kier molecular flexibility index (Phi) is 3.66. The smallest absolute Gasteiger partial charge is 0.195 e. The van der Waals surface area contributed by atoms with Crippen LogP contribution in [0.1, 0.15) is 29.7 Å². The average Bonchev–Trinajstić information content (AvgIpc) is 2.87. The van der Waals surface area contributed by atoms with E-state index in [1.165, 1.54) is 48.1 Å². The quantitative estimate of drug-likeness (QED) is 0.524. The molecule has 0 amide bonds. The summed E-state index contributed by atoms with van der Waals surface area (Å²) in [5.41, 5.74) is 2.75. The van der Waals surface area contributed by atoms with Gasteiger partial charge < -0.3 is 0 Å². The number of H-pyrrole nitrogens is 1. The highest BCUT2D eigenvalue weighted by molar-refractivity contribution is 7.71. The molecule has 0 spiro atoms. The maximum absolute atomic E-state index is 5.29. The van der Waals surface area contributed by atoms with E-state index < -0.39 is 0 Å². The predicted molar refractivity (Wildman–Crippen MR) is 82.2 cm³/mol. The minimum Gasteiger partial charge on any atom is -0.296 e. The summed E-state index contributed by atoms with van der Waals surface area (Å²) in [6.07, 6.45) is 8.17. The molecule has 0 saturated carbocycles. The molecule has 0 radical (unpaired) electrons. The first-order valence-electron chi connectivity index (χ1n) is 6.67. The van der Waals surface area contributed by atoms with Gasteiger partial charge in [0, 0.05) is 22.4 Å². The first kappa shape index (κ1) is 12.8. The molecule has 19 heavy (non-hydrogen) atoms. The van der Waals surface area contributed by atoms with Crippen molar-refractivity contribution >= 4 is 23.6 Å². The number of nitrogens with one attached hydrogen (secondary N) is 1. The van der Waals surface area contributed by atoms with Crippen LogP contribution < -0.4 is 0 Å². The summed E-state index contributed by atoms with van der Waals surface area (Å²) in [6, 6.07) is 0. The minimum absolute atomic E-state index is 0.670. The van der Waals surface area contributed by atoms with Crippen LogP contribution in [-0.2, 0) is 19.4 Å². The van der Waals surface area contributed by atoms with Crippen LogP contribution in [0.2, 0.25) is 0 Å². The van der Waals surface area contributed by atoms with Crippen molar-refractivity contribution in [3.8, 4) is 11.4 Å². The van der Waals surface area contributed by atoms with Crippen molar-refractivity contribution in [3.05, 3.63) is 33.2 Å². The maximum Gasteiger partial charge on any atom is 0.195 e. The second-order valence-electron chi connectivity index (χ2n) is 4.86. The van der Waals surface area contributed by atoms with Crippen molar-refractivity contribution in [2.24, 2.45) is 0 Å². The summed E-state index contributed by atoms with van der Waals surface area (Å²) in [7, 11) is 0. The molecular weight excluding hydrogens is 274 g/mol. The summed E-state index contributed by atoms with van der Waals surface area (Å²) in [4.78, 5) is 1.53. The van der Waals surface area contributed by atoms with E-state index >= 15 is 0 Å². The Labute approximate surface area is 122 Å². The van der Waals surface area contributed by atoms with Crippen LogP contribution in [-0.4, -0.2) is 14.8 Å². The molecule has 0 bridgehead atoms. The van der Waals surface area contributed by atoms with Crippen LogP contribution in [0.25, 0.3) is 11.4 Å². The van der Waals surface area contributed by atoms with Crippen molar-refractivity contribution in [2.75, 3.05) is 0 Å². The van der Waals surface area contributed by atoms with Gasteiger partial charge in [-0.15, -0.1) is 17.9 Å². The molecular formula is C14H17N3S2. The molecule has 3 rings (SSSR count). The molecule has 1 aliphatic rings. The number of allylic oxidation sites excluding steroid dienone is 1. The van der Waals surface area contributed by atoms with Gasteiger partial charge in [-0.3, -0.25) is 9.67 Å². The van der Waals surface area contributed by atoms with Gasteiger partial charge in [0.15, 0.2) is 10.6 Å². The van der Waals surface area contributed by atoms with E-state index in [0.29, 0.717) is 11.3 Å². The fourth-order valence-electron chi connectivity index (χ4n) is 2.68. The van der Waals surface area contributed by atoms with Gasteiger partial charge in [0.05, 0.1) is 0 Å². The second kappa shape index (κ2) is 5.43. The molecule has 0 aromatic carbocycles. The van der Waals surface area contributed by atoms with Crippen LogP contribution in [0.3, 0.4) is 0 Å². The standard InChI is InChI=1S/C14H17N3S2/c1-2-8-17-13(15-16-14(17)18)11-9-19-12-7-5-3-4-6-10(11)12/h2,9H,1,3-8H2,(H,16,18). The lowest BCUT2D eigenvalue weighted by molar-refractivity contribution is 0.712. The van der Waals surface area contributed by atoms with Crippen molar-refractivity contribution < 1.29 is 0 Å². The Morgan fingerprint density at radius 2 is 2.26 bits per heavy atom. The molecule has 0 unspecified atom stereocenters. The molecule has 100 valence electrons. The van der Waals surface area contributed by atoms with E-state index in [-0.39, 0.29) is 0 Å². The van der Waals surface area contributed by atoms with Crippen LogP contribution in [0, 0.1) is 4.77 Å². The van der Waals surface area contributed by atoms with Crippen LogP contribution in [0.4, 0.5) is 0 Å². The SMILES string of the molecule is C=CCn1c(-c2csc3c2CCCCC3)n[nH]c1=S. The van der Waals surface area contributed by atoms with Crippen molar-refractivity contribution in [1.29, 1.82) is 0 Å². The van der Waals surface area contributed by atoms with Gasteiger partial charge in [-0.2, -0.15) is 5.10 Å². The molecule has 0 atom stereocenters. The minimum atomic E-state index is 0.670. The van der Waals surface area contributed by atoms with E-state index in [4.69, 9.17) is 12.2 Å². The van der Waals surface area contributed by atoms with Gasteiger partial charge >= 0.3 is 0 Å². The number of aryl methyl sites for hydroxylation is 1. The first-order valence-corrected chi connectivity index (χ1v) is 7.95. The average molecular weight is 291 g/mol. The number of aromatic nitrogens is 3. The molecule has 0 aliphatic heterocycles. The third kappa shape index (κ3) is 2.32. The lowest BCUT2D eigenvalue weighted by atomic mass is 10.1. The van der Waals surface area contributed by atoms with Gasteiger partial charge in [-0.1, -0.05) is 12.5 Å². The zero-order chi connectivity index (χ0) is 13.2. The summed E-state index contributed by atoms with van der Waals surface area (Å²) in [6.45, 7) is 4.50. The normalized spacial score (nSPS) is 14.9. The van der Waals surface area contributed by atoms with Crippen molar-refractivity contribution in [1.82, 2.24) is 14.8 Å². The van der Waals surface area contributed by atoms with Gasteiger partial charge in [0.2, 0.25) is 0 Å². The van der Waals surface area contributed by atoms with E-state index in [1.54, 1.807) is 0 Å². The Morgan fingerprint density at radius 3 is 3.11 bits per heavy atom. The maximum atomic E-state index is 5.29. The van der Waals surface area contributed by atoms with Gasteiger partial charge in [0.25, 0.3) is 0 Å². The van der Waals surface area contributed by atoms with E-state index in [0.717, 1.165) is 5.82 Å². The van der Waals surface area contributed by atoms with Crippen molar-refractivity contribution in [2.45, 2.75) is 38.6 Å². The monoisotopic (exact) mass is 291 g/mol. The zero-order valence-corrected chi connectivity index (χ0v) is 12.4. The molecule has 2 aromatic rings. The number of rotatable bonds is 3. The van der Waals surface area contributed by atoms with Gasteiger partial charge in [0.1, 0.15) is 0 Å². The lowest BCUT2D eigenvalue weighted by Gasteiger charge is -2.05. The Morgan fingerprint density at radius 1 is 1.42 bits per heavy atom. The van der Waals surface area contributed by atoms with Crippen LogP contribution in [0.5, 0.6) is 0 Å². The second-order valence-corrected chi connectivity index (χ2v) is 6.21. The summed E-state index contributed by atoms with van der Waals surface area (Å²) < 4.78 is 2.69. The first-order chi connectivity index (χ1) is 9.31. The third-order valence-corrected chi connectivity index (χ3v) is 5.02. The molecule has 0 saturated heterocycles. The Balaban J connectivity index is 2.10. The molecule has 5 heteroatoms. The Bertz CT molecular complexity index is 648. The highest BCUT2D eigenvalue weighted by Crippen LogP contribution is 2.35. The van der Waals surface area contributed by atoms with Crippen LogP contribution in [0.15, 0.2) is 18.0 Å². The summed E-state index contributed by atoms with van der Waals surface area (Å²) in [5, 5.41) is 9.56. The highest BCUT2D eigenvalue weighted by Gasteiger charge is 2.19. The largest absolute Gasteiger partial charge is 0.296 e. The molecule has 0 fully saturated rings. The number of nitrogens with zero attached hydrogens (tertiary/aromatic N) is 2.